The lowest BCUT2D eigenvalue weighted by Crippen LogP contribution is -2.54. The highest BCUT2D eigenvalue weighted by Gasteiger charge is 2.60. The fourth-order valence-electron chi connectivity index (χ4n) is 8.42. The van der Waals surface area contributed by atoms with Crippen molar-refractivity contribution >= 4 is 0 Å². The Balaban J connectivity index is 1.58. The van der Waals surface area contributed by atoms with Crippen molar-refractivity contribution in [2.75, 3.05) is 28.2 Å². The lowest BCUT2D eigenvalue weighted by molar-refractivity contribution is -0.103. The molecule has 0 saturated heterocycles. The summed E-state index contributed by atoms with van der Waals surface area (Å²) in [6.45, 7) is 7.84. The van der Waals surface area contributed by atoms with E-state index in [0.29, 0.717) is 10.8 Å². The summed E-state index contributed by atoms with van der Waals surface area (Å²) in [6.07, 6.45) is 14.2. The number of allylic oxidation sites excluding steroid dienone is 2. The number of rotatable bonds is 3. The van der Waals surface area contributed by atoms with Gasteiger partial charge in [-0.15, -0.1) is 0 Å². The summed E-state index contributed by atoms with van der Waals surface area (Å²) < 4.78 is 0. The van der Waals surface area contributed by atoms with Crippen molar-refractivity contribution < 1.29 is 0 Å². The third-order valence-electron chi connectivity index (χ3n) is 10.3. The van der Waals surface area contributed by atoms with Crippen LogP contribution in [0.4, 0.5) is 0 Å². The molecule has 0 aromatic rings. The molecule has 0 aromatic carbocycles. The molecule has 0 unspecified atom stereocenters. The lowest BCUT2D eigenvalue weighted by Gasteiger charge is -2.60. The molecule has 154 valence electrons. The van der Waals surface area contributed by atoms with E-state index in [0.717, 1.165) is 35.6 Å². The number of hydrogen-bond acceptors (Lipinski definition) is 2. The van der Waals surface area contributed by atoms with E-state index >= 15 is 0 Å². The van der Waals surface area contributed by atoms with Gasteiger partial charge in [-0.3, -0.25) is 0 Å². The Hall–Kier alpha value is -0.500. The number of fused-ring (bicyclic) bond motifs is 5. The van der Waals surface area contributed by atoms with Gasteiger partial charge in [0.1, 0.15) is 0 Å². The van der Waals surface area contributed by atoms with Crippen molar-refractivity contribution in [2.24, 2.45) is 40.4 Å². The van der Waals surface area contributed by atoms with Gasteiger partial charge in [-0.1, -0.05) is 19.9 Å². The van der Waals surface area contributed by atoms with Crippen molar-refractivity contribution in [1.29, 1.82) is 0 Å². The summed E-state index contributed by atoms with van der Waals surface area (Å²) >= 11 is 0. The Morgan fingerprint density at radius 2 is 1.63 bits per heavy atom. The van der Waals surface area contributed by atoms with Gasteiger partial charge in [-0.25, -0.2) is 0 Å². The molecule has 2 heteroatoms. The average molecular weight is 373 g/mol. The molecule has 0 radical (unpaired) electrons. The van der Waals surface area contributed by atoms with Gasteiger partial charge in [0.2, 0.25) is 0 Å². The summed E-state index contributed by atoms with van der Waals surface area (Å²) in [5, 5.41) is 0. The van der Waals surface area contributed by atoms with Crippen LogP contribution in [-0.4, -0.2) is 44.0 Å². The van der Waals surface area contributed by atoms with Crippen molar-refractivity contribution in [3.63, 3.8) is 0 Å². The fraction of sp³-hybridized carbons (Fsp3) is 0.920. The second-order valence-corrected chi connectivity index (χ2v) is 11.6. The fourth-order valence-corrected chi connectivity index (χ4v) is 8.42. The molecule has 27 heavy (non-hydrogen) atoms. The summed E-state index contributed by atoms with van der Waals surface area (Å²) in [6, 6.07) is 0.726. The topological polar surface area (TPSA) is 6.48 Å². The molecule has 0 aliphatic heterocycles. The third kappa shape index (κ3) is 2.92. The monoisotopic (exact) mass is 372 g/mol. The highest BCUT2D eigenvalue weighted by molar-refractivity contribution is 5.16. The Morgan fingerprint density at radius 1 is 0.926 bits per heavy atom. The van der Waals surface area contributed by atoms with E-state index in [1.54, 1.807) is 5.70 Å². The average Bonchev–Trinajstić information content (AvgIpc) is 2.97. The highest BCUT2D eigenvalue weighted by atomic mass is 15.1. The molecule has 0 aromatic heterocycles. The smallest absolute Gasteiger partial charge is 0.00944 e. The summed E-state index contributed by atoms with van der Waals surface area (Å²) in [5.74, 6) is 4.78. The van der Waals surface area contributed by atoms with Crippen molar-refractivity contribution in [1.82, 2.24) is 9.80 Å². The molecular weight excluding hydrogens is 328 g/mol. The molecule has 0 bridgehead atoms. The molecule has 4 rings (SSSR count). The van der Waals surface area contributed by atoms with Crippen LogP contribution < -0.4 is 0 Å². The molecule has 8 atom stereocenters. The maximum atomic E-state index is 2.69. The minimum Gasteiger partial charge on any atom is -0.381 e. The molecule has 3 fully saturated rings. The van der Waals surface area contributed by atoms with Crippen LogP contribution in [0.5, 0.6) is 0 Å². The molecular formula is C25H44N2. The SMILES string of the molecule is C[C@@H]([C@H]1CC[C@@H]2[C@@H]3CC[C@H]4CC(N(C)C)=CC[C@]4(C)[C@H]3CC[C@@]21C)N(C)C. The van der Waals surface area contributed by atoms with Crippen molar-refractivity contribution in [3.05, 3.63) is 11.8 Å². The van der Waals surface area contributed by atoms with Crippen LogP contribution in [0.2, 0.25) is 0 Å². The van der Waals surface area contributed by atoms with Crippen LogP contribution in [0.1, 0.15) is 72.1 Å². The van der Waals surface area contributed by atoms with Crippen LogP contribution >= 0.6 is 0 Å². The van der Waals surface area contributed by atoms with Gasteiger partial charge in [0.15, 0.2) is 0 Å². The lowest BCUT2D eigenvalue weighted by atomic mass is 9.45. The minimum absolute atomic E-state index is 0.564. The van der Waals surface area contributed by atoms with Crippen molar-refractivity contribution in [3.8, 4) is 0 Å². The normalized spacial score (nSPS) is 47.7. The molecule has 4 aliphatic rings. The van der Waals surface area contributed by atoms with E-state index in [1.807, 2.05) is 0 Å². The van der Waals surface area contributed by atoms with Gasteiger partial charge in [0.25, 0.3) is 0 Å². The van der Waals surface area contributed by atoms with Crippen LogP contribution in [0.25, 0.3) is 0 Å². The Labute approximate surface area is 168 Å². The van der Waals surface area contributed by atoms with Gasteiger partial charge in [0, 0.05) is 25.8 Å². The predicted octanol–water partition coefficient (Wildman–Crippen LogP) is 5.65. The van der Waals surface area contributed by atoms with Gasteiger partial charge in [0.05, 0.1) is 0 Å². The van der Waals surface area contributed by atoms with E-state index in [9.17, 15) is 0 Å². The highest BCUT2D eigenvalue weighted by Crippen LogP contribution is 2.67. The van der Waals surface area contributed by atoms with E-state index in [1.165, 1.54) is 51.4 Å². The molecule has 2 nitrogen and oxygen atoms in total. The van der Waals surface area contributed by atoms with Crippen molar-refractivity contribution in [2.45, 2.75) is 78.2 Å². The second kappa shape index (κ2) is 6.78. The zero-order valence-electron chi connectivity index (χ0n) is 19.1. The second-order valence-electron chi connectivity index (χ2n) is 11.6. The van der Waals surface area contributed by atoms with Crippen LogP contribution in [-0.2, 0) is 0 Å². The Morgan fingerprint density at radius 3 is 2.30 bits per heavy atom. The molecule has 0 heterocycles. The van der Waals surface area contributed by atoms with Gasteiger partial charge >= 0.3 is 0 Å². The van der Waals surface area contributed by atoms with Gasteiger partial charge < -0.3 is 9.80 Å². The standard InChI is InChI=1S/C25H44N2/c1-17(26(4)5)21-10-11-22-20-9-8-18-16-19(27(6)7)12-14-24(18,2)23(20)13-15-25(21,22)3/h12,17-18,20-23H,8-11,13-16H2,1-7H3/t17-,18-,20-,21+,22+,23-,24-,25+/m0/s1. The van der Waals surface area contributed by atoms with Gasteiger partial charge in [-0.05, 0) is 113 Å². The largest absolute Gasteiger partial charge is 0.381 e. The number of hydrogen-bond donors (Lipinski definition) is 0. The van der Waals surface area contributed by atoms with Gasteiger partial charge in [-0.2, -0.15) is 0 Å². The first-order valence-electron chi connectivity index (χ1n) is 11.7. The van der Waals surface area contributed by atoms with Crippen LogP contribution in [0.3, 0.4) is 0 Å². The summed E-state index contributed by atoms with van der Waals surface area (Å²) in [7, 11) is 9.04. The predicted molar refractivity (Wildman–Crippen MR) is 116 cm³/mol. The first-order valence-corrected chi connectivity index (χ1v) is 11.7. The maximum absolute atomic E-state index is 2.69. The quantitative estimate of drug-likeness (QED) is 0.631. The first kappa shape index (κ1) is 19.8. The van der Waals surface area contributed by atoms with E-state index in [4.69, 9.17) is 0 Å². The van der Waals surface area contributed by atoms with E-state index < -0.39 is 0 Å². The van der Waals surface area contributed by atoms with Crippen LogP contribution in [0, 0.1) is 40.4 Å². The molecule has 3 saturated carbocycles. The Bertz CT molecular complexity index is 593. The molecule has 0 amide bonds. The summed E-state index contributed by atoms with van der Waals surface area (Å²) in [5.41, 5.74) is 2.75. The minimum atomic E-state index is 0.564. The molecule has 0 spiro atoms. The molecule has 0 N–H and O–H groups in total. The zero-order valence-corrected chi connectivity index (χ0v) is 19.1. The van der Waals surface area contributed by atoms with E-state index in [-0.39, 0.29) is 0 Å². The maximum Gasteiger partial charge on any atom is 0.00944 e. The first-order chi connectivity index (χ1) is 12.7. The number of nitrogens with zero attached hydrogens (tertiary/aromatic N) is 2. The van der Waals surface area contributed by atoms with E-state index in [2.05, 4.69) is 64.8 Å². The Kier molecular flexibility index (Phi) is 4.98. The van der Waals surface area contributed by atoms with Crippen LogP contribution in [0.15, 0.2) is 11.8 Å². The molecule has 4 aliphatic carbocycles. The summed E-state index contributed by atoms with van der Waals surface area (Å²) in [4.78, 5) is 4.85. The zero-order chi connectivity index (χ0) is 19.6. The third-order valence-corrected chi connectivity index (χ3v) is 10.3.